The number of nitrogens with one attached hydrogen (secondary N) is 1. The van der Waals surface area contributed by atoms with Gasteiger partial charge in [0.15, 0.2) is 0 Å². The van der Waals surface area contributed by atoms with Crippen LogP contribution >= 0.6 is 15.9 Å². The van der Waals surface area contributed by atoms with Gasteiger partial charge in [0.2, 0.25) is 5.91 Å². The van der Waals surface area contributed by atoms with E-state index in [2.05, 4.69) is 21.2 Å². The molecular formula is C15H13BrN2O. The highest BCUT2D eigenvalue weighted by Gasteiger charge is 2.22. The van der Waals surface area contributed by atoms with Gasteiger partial charge in [0, 0.05) is 16.7 Å². The lowest BCUT2D eigenvalue weighted by Crippen LogP contribution is -2.31. The van der Waals surface area contributed by atoms with Crippen LogP contribution in [-0.4, -0.2) is 12.5 Å². The fourth-order valence-corrected chi connectivity index (χ4v) is 2.53. The molecule has 0 saturated heterocycles. The van der Waals surface area contributed by atoms with E-state index in [1.807, 2.05) is 48.5 Å². The van der Waals surface area contributed by atoms with Gasteiger partial charge in [-0.2, -0.15) is 0 Å². The molecule has 0 atom stereocenters. The SMILES string of the molecule is O=C1CNCc2ccccc2N1c1ccc(Br)cc1. The highest BCUT2D eigenvalue weighted by atomic mass is 79.9. The van der Waals surface area contributed by atoms with E-state index >= 15 is 0 Å². The number of nitrogens with zero attached hydrogens (tertiary/aromatic N) is 1. The van der Waals surface area contributed by atoms with Crippen LogP contribution in [0.25, 0.3) is 0 Å². The molecule has 0 aliphatic carbocycles. The van der Waals surface area contributed by atoms with E-state index in [1.165, 1.54) is 0 Å². The lowest BCUT2D eigenvalue weighted by atomic mass is 10.1. The molecule has 3 nitrogen and oxygen atoms in total. The van der Waals surface area contributed by atoms with E-state index in [9.17, 15) is 4.79 Å². The molecule has 4 heteroatoms. The van der Waals surface area contributed by atoms with Gasteiger partial charge in [-0.25, -0.2) is 0 Å². The van der Waals surface area contributed by atoms with Crippen molar-refractivity contribution in [3.8, 4) is 0 Å². The van der Waals surface area contributed by atoms with Gasteiger partial charge >= 0.3 is 0 Å². The maximum absolute atomic E-state index is 12.3. The van der Waals surface area contributed by atoms with Crippen LogP contribution < -0.4 is 10.2 Å². The fraction of sp³-hybridized carbons (Fsp3) is 0.133. The second-order valence-corrected chi connectivity index (χ2v) is 5.35. The van der Waals surface area contributed by atoms with Crippen molar-refractivity contribution in [3.63, 3.8) is 0 Å². The van der Waals surface area contributed by atoms with Crippen molar-refractivity contribution < 1.29 is 4.79 Å². The van der Waals surface area contributed by atoms with Crippen LogP contribution in [-0.2, 0) is 11.3 Å². The van der Waals surface area contributed by atoms with Crippen molar-refractivity contribution in [1.29, 1.82) is 0 Å². The first-order chi connectivity index (χ1) is 9.25. The summed E-state index contributed by atoms with van der Waals surface area (Å²) in [5.74, 6) is 0.0623. The van der Waals surface area contributed by atoms with E-state index in [1.54, 1.807) is 4.90 Å². The van der Waals surface area contributed by atoms with Crippen molar-refractivity contribution in [2.24, 2.45) is 0 Å². The normalized spacial score (nSPS) is 15.0. The van der Waals surface area contributed by atoms with Gasteiger partial charge in [0.1, 0.15) is 0 Å². The number of rotatable bonds is 1. The average Bonchev–Trinajstić information content (AvgIpc) is 2.58. The molecule has 1 amide bonds. The number of para-hydroxylation sites is 1. The van der Waals surface area contributed by atoms with Crippen molar-refractivity contribution in [2.45, 2.75) is 6.54 Å². The zero-order chi connectivity index (χ0) is 13.2. The van der Waals surface area contributed by atoms with Gasteiger partial charge in [-0.1, -0.05) is 34.1 Å². The lowest BCUT2D eigenvalue weighted by Gasteiger charge is -2.22. The number of anilines is 2. The summed E-state index contributed by atoms with van der Waals surface area (Å²) in [6.45, 7) is 1.07. The summed E-state index contributed by atoms with van der Waals surface area (Å²) in [7, 11) is 0. The molecule has 0 aromatic heterocycles. The summed E-state index contributed by atoms with van der Waals surface area (Å²) in [4.78, 5) is 14.1. The summed E-state index contributed by atoms with van der Waals surface area (Å²) in [6.07, 6.45) is 0. The van der Waals surface area contributed by atoms with Crippen molar-refractivity contribution in [3.05, 3.63) is 58.6 Å². The van der Waals surface area contributed by atoms with Crippen molar-refractivity contribution in [2.75, 3.05) is 11.4 Å². The predicted octanol–water partition coefficient (Wildman–Crippen LogP) is 3.22. The maximum atomic E-state index is 12.3. The van der Waals surface area contributed by atoms with Crippen LogP contribution in [0.5, 0.6) is 0 Å². The van der Waals surface area contributed by atoms with Gasteiger partial charge in [-0.3, -0.25) is 9.69 Å². The van der Waals surface area contributed by atoms with Gasteiger partial charge in [-0.15, -0.1) is 0 Å². The Morgan fingerprint density at radius 3 is 2.53 bits per heavy atom. The smallest absolute Gasteiger partial charge is 0.245 e. The number of carbonyl (C=O) groups excluding carboxylic acids is 1. The minimum atomic E-state index is 0.0623. The third-order valence-corrected chi connectivity index (χ3v) is 3.69. The van der Waals surface area contributed by atoms with E-state index in [0.29, 0.717) is 6.54 Å². The van der Waals surface area contributed by atoms with E-state index in [0.717, 1.165) is 28.0 Å². The molecule has 96 valence electrons. The van der Waals surface area contributed by atoms with Crippen LogP contribution in [0.4, 0.5) is 11.4 Å². The molecule has 1 aliphatic heterocycles. The maximum Gasteiger partial charge on any atom is 0.245 e. The zero-order valence-corrected chi connectivity index (χ0v) is 11.9. The van der Waals surface area contributed by atoms with Crippen LogP contribution in [0.1, 0.15) is 5.56 Å². The van der Waals surface area contributed by atoms with Crippen LogP contribution in [0.15, 0.2) is 53.0 Å². The van der Waals surface area contributed by atoms with Gasteiger partial charge in [0.05, 0.1) is 12.2 Å². The first-order valence-corrected chi connectivity index (χ1v) is 6.92. The van der Waals surface area contributed by atoms with Crippen LogP contribution in [0.3, 0.4) is 0 Å². The Morgan fingerprint density at radius 2 is 1.74 bits per heavy atom. The van der Waals surface area contributed by atoms with Crippen molar-refractivity contribution >= 4 is 33.2 Å². The topological polar surface area (TPSA) is 32.3 Å². The third kappa shape index (κ3) is 2.41. The quantitative estimate of drug-likeness (QED) is 0.876. The first kappa shape index (κ1) is 12.4. The molecule has 0 bridgehead atoms. The Bertz CT molecular complexity index is 610. The summed E-state index contributed by atoms with van der Waals surface area (Å²) < 4.78 is 1.00. The molecule has 2 aromatic carbocycles. The number of fused-ring (bicyclic) bond motifs is 1. The monoisotopic (exact) mass is 316 g/mol. The first-order valence-electron chi connectivity index (χ1n) is 6.13. The summed E-state index contributed by atoms with van der Waals surface area (Å²) in [5.41, 5.74) is 2.99. The lowest BCUT2D eigenvalue weighted by molar-refractivity contribution is -0.117. The van der Waals surface area contributed by atoms with Crippen LogP contribution in [0.2, 0.25) is 0 Å². The average molecular weight is 317 g/mol. The standard InChI is InChI=1S/C15H13BrN2O/c16-12-5-7-13(8-6-12)18-14-4-2-1-3-11(14)9-17-10-15(18)19/h1-8,17H,9-10H2. The number of hydrogen-bond acceptors (Lipinski definition) is 2. The Hall–Kier alpha value is -1.65. The minimum Gasteiger partial charge on any atom is -0.304 e. The largest absolute Gasteiger partial charge is 0.304 e. The summed E-state index contributed by atoms with van der Waals surface area (Å²) in [6, 6.07) is 15.8. The molecule has 19 heavy (non-hydrogen) atoms. The molecular weight excluding hydrogens is 304 g/mol. The van der Waals surface area contributed by atoms with E-state index in [-0.39, 0.29) is 5.91 Å². The molecule has 2 aromatic rings. The Balaban J connectivity index is 2.12. The number of benzene rings is 2. The molecule has 0 spiro atoms. The number of amides is 1. The van der Waals surface area contributed by atoms with Gasteiger partial charge in [0.25, 0.3) is 0 Å². The zero-order valence-electron chi connectivity index (χ0n) is 10.3. The predicted molar refractivity (Wildman–Crippen MR) is 79.4 cm³/mol. The molecule has 0 saturated carbocycles. The van der Waals surface area contributed by atoms with Gasteiger partial charge in [-0.05, 0) is 35.9 Å². The highest BCUT2D eigenvalue weighted by molar-refractivity contribution is 9.10. The second kappa shape index (κ2) is 5.15. The number of carbonyl (C=O) groups is 1. The van der Waals surface area contributed by atoms with E-state index in [4.69, 9.17) is 0 Å². The minimum absolute atomic E-state index is 0.0623. The van der Waals surface area contributed by atoms with Gasteiger partial charge < -0.3 is 5.32 Å². The number of halogens is 1. The molecule has 0 radical (unpaired) electrons. The van der Waals surface area contributed by atoms with Crippen molar-refractivity contribution in [1.82, 2.24) is 5.32 Å². The van der Waals surface area contributed by atoms with Crippen LogP contribution in [0, 0.1) is 0 Å². The molecule has 3 rings (SSSR count). The summed E-state index contributed by atoms with van der Waals surface area (Å²) in [5, 5.41) is 3.16. The van der Waals surface area contributed by atoms with E-state index < -0.39 is 0 Å². The fourth-order valence-electron chi connectivity index (χ4n) is 2.27. The number of hydrogen-bond donors (Lipinski definition) is 1. The molecule has 1 heterocycles. The highest BCUT2D eigenvalue weighted by Crippen LogP contribution is 2.30. The molecule has 1 N–H and O–H groups in total. The Labute approximate surface area is 120 Å². The third-order valence-electron chi connectivity index (χ3n) is 3.16. The molecule has 0 unspecified atom stereocenters. The Kier molecular flexibility index (Phi) is 3.36. The molecule has 0 fully saturated rings. The summed E-state index contributed by atoms with van der Waals surface area (Å²) >= 11 is 3.42. The molecule has 1 aliphatic rings. The Morgan fingerprint density at radius 1 is 1.00 bits per heavy atom. The second-order valence-electron chi connectivity index (χ2n) is 4.44.